The third-order valence-corrected chi connectivity index (χ3v) is 4.00. The number of halogens is 2. The van der Waals surface area contributed by atoms with Gasteiger partial charge in [0.2, 0.25) is 0 Å². The molecular formula is C16H23Cl2N3O2S. The smallest absolute Gasteiger partial charge is 0.253 e. The maximum Gasteiger partial charge on any atom is 0.253 e. The zero-order valence-electron chi connectivity index (χ0n) is 13.9. The minimum absolute atomic E-state index is 0. The third kappa shape index (κ3) is 6.65. The number of aryl methyl sites for hydroxylation is 1. The molecule has 0 spiro atoms. The van der Waals surface area contributed by atoms with Gasteiger partial charge in [-0.05, 0) is 32.2 Å². The van der Waals surface area contributed by atoms with Crippen LogP contribution in [0.25, 0.3) is 0 Å². The Morgan fingerprint density at radius 1 is 1.38 bits per heavy atom. The minimum Gasteiger partial charge on any atom is -0.487 e. The summed E-state index contributed by atoms with van der Waals surface area (Å²) in [6.07, 6.45) is 0. The van der Waals surface area contributed by atoms with Gasteiger partial charge in [-0.3, -0.25) is 4.79 Å². The molecule has 1 N–H and O–H groups in total. The van der Waals surface area contributed by atoms with Crippen LogP contribution in [0.2, 0.25) is 0 Å². The molecule has 0 atom stereocenters. The van der Waals surface area contributed by atoms with Crippen molar-refractivity contribution in [3.05, 3.63) is 45.9 Å². The molecular weight excluding hydrogens is 369 g/mol. The van der Waals surface area contributed by atoms with E-state index in [1.807, 2.05) is 31.5 Å². The predicted molar refractivity (Wildman–Crippen MR) is 103 cm³/mol. The van der Waals surface area contributed by atoms with Gasteiger partial charge in [-0.1, -0.05) is 6.07 Å². The molecule has 8 heteroatoms. The minimum atomic E-state index is -0.00907. The first kappa shape index (κ1) is 22.7. The Hall–Kier alpha value is -1.34. The van der Waals surface area contributed by atoms with Crippen LogP contribution in [0, 0.1) is 6.92 Å². The number of carbonyl (C=O) groups excluding carboxylic acids is 1. The normalized spacial score (nSPS) is 9.62. The predicted octanol–water partition coefficient (Wildman–Crippen LogP) is 3.17. The van der Waals surface area contributed by atoms with Crippen LogP contribution in [0.15, 0.2) is 29.6 Å². The lowest BCUT2D eigenvalue weighted by Crippen LogP contribution is -2.32. The summed E-state index contributed by atoms with van der Waals surface area (Å²) in [6, 6.07) is 7.26. The summed E-state index contributed by atoms with van der Waals surface area (Å²) in [4.78, 5) is 18.4. The largest absolute Gasteiger partial charge is 0.487 e. The fourth-order valence-electron chi connectivity index (χ4n) is 1.95. The highest BCUT2D eigenvalue weighted by Gasteiger charge is 2.12. The lowest BCUT2D eigenvalue weighted by atomic mass is 10.2. The molecule has 2 aromatic rings. The molecule has 0 saturated carbocycles. The number of aromatic nitrogens is 1. The quantitative estimate of drug-likeness (QED) is 0.787. The molecule has 0 saturated heterocycles. The Bertz CT molecular complexity index is 637. The Morgan fingerprint density at radius 3 is 2.75 bits per heavy atom. The molecule has 0 aliphatic heterocycles. The van der Waals surface area contributed by atoms with Gasteiger partial charge in [-0.2, -0.15) is 0 Å². The number of rotatable bonds is 7. The molecule has 1 amide bonds. The van der Waals surface area contributed by atoms with Crippen molar-refractivity contribution >= 4 is 42.1 Å². The lowest BCUT2D eigenvalue weighted by molar-refractivity contribution is 0.0796. The summed E-state index contributed by atoms with van der Waals surface area (Å²) in [6.45, 7) is 3.81. The van der Waals surface area contributed by atoms with Crippen molar-refractivity contribution < 1.29 is 9.53 Å². The second-order valence-electron chi connectivity index (χ2n) is 5.00. The van der Waals surface area contributed by atoms with E-state index in [0.717, 1.165) is 17.2 Å². The van der Waals surface area contributed by atoms with Crippen molar-refractivity contribution in [3.63, 3.8) is 0 Å². The number of hydrogen-bond acceptors (Lipinski definition) is 5. The average molecular weight is 392 g/mol. The van der Waals surface area contributed by atoms with Crippen molar-refractivity contribution in [2.24, 2.45) is 0 Å². The van der Waals surface area contributed by atoms with Crippen LogP contribution in [0.5, 0.6) is 5.75 Å². The average Bonchev–Trinajstić information content (AvgIpc) is 2.95. The van der Waals surface area contributed by atoms with E-state index >= 15 is 0 Å². The van der Waals surface area contributed by atoms with E-state index < -0.39 is 0 Å². The highest BCUT2D eigenvalue weighted by molar-refractivity contribution is 7.09. The van der Waals surface area contributed by atoms with Gasteiger partial charge >= 0.3 is 0 Å². The molecule has 0 aliphatic rings. The Morgan fingerprint density at radius 2 is 2.12 bits per heavy atom. The molecule has 0 aliphatic carbocycles. The van der Waals surface area contributed by atoms with E-state index in [4.69, 9.17) is 4.74 Å². The van der Waals surface area contributed by atoms with Gasteiger partial charge in [0.15, 0.2) is 0 Å². The lowest BCUT2D eigenvalue weighted by Gasteiger charge is -2.17. The summed E-state index contributed by atoms with van der Waals surface area (Å²) in [5.74, 6) is 0.670. The molecule has 0 radical (unpaired) electrons. The number of amides is 1. The molecule has 5 nitrogen and oxygen atoms in total. The van der Waals surface area contributed by atoms with Gasteiger partial charge in [-0.25, -0.2) is 4.98 Å². The van der Waals surface area contributed by atoms with Crippen LogP contribution in [-0.4, -0.2) is 43.0 Å². The number of nitrogens with one attached hydrogen (secondary N) is 1. The van der Waals surface area contributed by atoms with E-state index in [2.05, 4.69) is 10.3 Å². The summed E-state index contributed by atoms with van der Waals surface area (Å²) < 4.78 is 5.72. The van der Waals surface area contributed by atoms with Gasteiger partial charge in [-0.15, -0.1) is 36.2 Å². The number of carbonyl (C=O) groups is 1. The Kier molecular flexibility index (Phi) is 10.6. The number of hydrogen-bond donors (Lipinski definition) is 1. The van der Waals surface area contributed by atoms with Crippen molar-refractivity contribution in [2.75, 3.05) is 27.2 Å². The Balaban J connectivity index is 0.00000264. The topological polar surface area (TPSA) is 54.5 Å². The van der Waals surface area contributed by atoms with E-state index in [9.17, 15) is 4.79 Å². The first-order chi connectivity index (χ1) is 10.6. The van der Waals surface area contributed by atoms with Crippen molar-refractivity contribution in [1.82, 2.24) is 15.2 Å². The number of thiazole rings is 1. The molecule has 134 valence electrons. The zero-order valence-corrected chi connectivity index (χ0v) is 16.4. The molecule has 0 bridgehead atoms. The van der Waals surface area contributed by atoms with Crippen LogP contribution < -0.4 is 10.1 Å². The zero-order chi connectivity index (χ0) is 15.9. The molecule has 0 fully saturated rings. The van der Waals surface area contributed by atoms with Gasteiger partial charge in [0.05, 0.1) is 10.7 Å². The number of likely N-dealkylation sites (N-methyl/N-ethyl adjacent to an activating group) is 2. The van der Waals surface area contributed by atoms with E-state index in [1.165, 1.54) is 0 Å². The number of ether oxygens (including phenoxy) is 1. The van der Waals surface area contributed by atoms with Gasteiger partial charge in [0.1, 0.15) is 12.4 Å². The highest BCUT2D eigenvalue weighted by atomic mass is 35.5. The molecule has 24 heavy (non-hydrogen) atoms. The second kappa shape index (κ2) is 11.3. The highest BCUT2D eigenvalue weighted by Crippen LogP contribution is 2.17. The molecule has 2 rings (SSSR count). The standard InChI is InChI=1S/C16H21N3O2S.2ClH/c1-12-18-14(11-22-12)10-21-15-6-4-5-13(9-15)16(20)19(3)8-7-17-2;;/h4-6,9,11,17H,7-8,10H2,1-3H3;2*1H. The maximum atomic E-state index is 12.3. The number of benzene rings is 1. The molecule has 1 aromatic heterocycles. The van der Waals surface area contributed by atoms with Crippen LogP contribution in [0.4, 0.5) is 0 Å². The summed E-state index contributed by atoms with van der Waals surface area (Å²) in [7, 11) is 3.66. The van der Waals surface area contributed by atoms with Gasteiger partial charge < -0.3 is 15.0 Å². The second-order valence-corrected chi connectivity index (χ2v) is 6.07. The monoisotopic (exact) mass is 391 g/mol. The van der Waals surface area contributed by atoms with E-state index in [-0.39, 0.29) is 30.7 Å². The van der Waals surface area contributed by atoms with Crippen molar-refractivity contribution in [3.8, 4) is 5.75 Å². The van der Waals surface area contributed by atoms with Crippen LogP contribution in [-0.2, 0) is 6.61 Å². The van der Waals surface area contributed by atoms with E-state index in [1.54, 1.807) is 35.4 Å². The molecule has 1 heterocycles. The SMILES string of the molecule is CNCCN(C)C(=O)c1cccc(OCc2csc(C)n2)c1.Cl.Cl. The van der Waals surface area contributed by atoms with Crippen LogP contribution in [0.3, 0.4) is 0 Å². The third-order valence-electron chi connectivity index (χ3n) is 3.18. The Labute approximate surface area is 159 Å². The van der Waals surface area contributed by atoms with Crippen molar-refractivity contribution in [2.45, 2.75) is 13.5 Å². The first-order valence-corrected chi connectivity index (χ1v) is 8.02. The van der Waals surface area contributed by atoms with Crippen LogP contribution in [0.1, 0.15) is 21.1 Å². The van der Waals surface area contributed by atoms with Crippen LogP contribution >= 0.6 is 36.2 Å². The summed E-state index contributed by atoms with van der Waals surface area (Å²) in [5.41, 5.74) is 1.54. The number of nitrogens with zero attached hydrogens (tertiary/aromatic N) is 2. The first-order valence-electron chi connectivity index (χ1n) is 7.14. The summed E-state index contributed by atoms with van der Waals surface area (Å²) in [5, 5.41) is 6.04. The van der Waals surface area contributed by atoms with Gasteiger partial charge in [0.25, 0.3) is 5.91 Å². The fourth-order valence-corrected chi connectivity index (χ4v) is 2.55. The van der Waals surface area contributed by atoms with Gasteiger partial charge in [0, 0.05) is 31.1 Å². The summed E-state index contributed by atoms with van der Waals surface area (Å²) >= 11 is 1.60. The molecule has 0 unspecified atom stereocenters. The molecule has 1 aromatic carbocycles. The maximum absolute atomic E-state index is 12.3. The fraction of sp³-hybridized carbons (Fsp3) is 0.375. The van der Waals surface area contributed by atoms with Crippen molar-refractivity contribution in [1.29, 1.82) is 0 Å². The van der Waals surface area contributed by atoms with E-state index in [0.29, 0.717) is 24.5 Å².